The lowest BCUT2D eigenvalue weighted by atomic mass is 10.2. The van der Waals surface area contributed by atoms with Gasteiger partial charge in [0.25, 0.3) is 0 Å². The molecule has 1 N–H and O–H groups in total. The summed E-state index contributed by atoms with van der Waals surface area (Å²) in [6.07, 6.45) is 1.09. The van der Waals surface area contributed by atoms with Gasteiger partial charge in [-0.05, 0) is 24.6 Å². The van der Waals surface area contributed by atoms with Gasteiger partial charge in [-0.2, -0.15) is 0 Å². The summed E-state index contributed by atoms with van der Waals surface area (Å²) in [5, 5.41) is 0.399. The van der Waals surface area contributed by atoms with Crippen molar-refractivity contribution in [3.8, 4) is 0 Å². The van der Waals surface area contributed by atoms with Gasteiger partial charge in [0.05, 0.1) is 17.0 Å². The molecule has 0 saturated heterocycles. The zero-order chi connectivity index (χ0) is 10.1. The average Bonchev–Trinajstić information content (AvgIpc) is 1.94. The Bertz CT molecular complexity index is 414. The molecule has 0 bridgehead atoms. The van der Waals surface area contributed by atoms with Gasteiger partial charge in [0, 0.05) is 0 Å². The third kappa shape index (κ3) is 3.24. The van der Waals surface area contributed by atoms with Gasteiger partial charge in [-0.1, -0.05) is 17.7 Å². The molecular weight excluding hydrogens is 210 g/mol. The van der Waals surface area contributed by atoms with Crippen molar-refractivity contribution in [2.24, 2.45) is 0 Å². The number of sulfonamides is 1. The summed E-state index contributed by atoms with van der Waals surface area (Å²) in [5.41, 5.74) is 1.37. The van der Waals surface area contributed by atoms with E-state index >= 15 is 0 Å². The molecule has 1 aromatic rings. The van der Waals surface area contributed by atoms with E-state index in [1.807, 2.05) is 13.0 Å². The molecule has 0 amide bonds. The fraction of sp³-hybridized carbons (Fsp3) is 0.250. The summed E-state index contributed by atoms with van der Waals surface area (Å²) in [7, 11) is -3.25. The first-order valence-corrected chi connectivity index (χ1v) is 5.89. The second-order valence-electron chi connectivity index (χ2n) is 2.86. The highest BCUT2D eigenvalue weighted by Crippen LogP contribution is 2.23. The van der Waals surface area contributed by atoms with Crippen molar-refractivity contribution in [1.82, 2.24) is 0 Å². The second kappa shape index (κ2) is 3.55. The Labute approximate surface area is 82.8 Å². The van der Waals surface area contributed by atoms with Crippen LogP contribution in [0.3, 0.4) is 0 Å². The van der Waals surface area contributed by atoms with Crippen LogP contribution in [0.4, 0.5) is 5.69 Å². The standard InChI is InChI=1S/C8H10ClNO2S/c1-6-3-4-7(9)8(5-6)10-13(2,11)12/h3-5,10H,1-2H3. The summed E-state index contributed by atoms with van der Waals surface area (Å²) in [6, 6.07) is 5.16. The van der Waals surface area contributed by atoms with Crippen LogP contribution >= 0.6 is 11.6 Å². The maximum Gasteiger partial charge on any atom is 0.229 e. The van der Waals surface area contributed by atoms with Crippen molar-refractivity contribution in [3.63, 3.8) is 0 Å². The smallest absolute Gasteiger partial charge is 0.229 e. The van der Waals surface area contributed by atoms with Crippen LogP contribution in [0.2, 0.25) is 5.02 Å². The van der Waals surface area contributed by atoms with Gasteiger partial charge in [-0.15, -0.1) is 0 Å². The van der Waals surface area contributed by atoms with Crippen LogP contribution in [0.1, 0.15) is 5.56 Å². The molecule has 5 heteroatoms. The molecule has 0 atom stereocenters. The van der Waals surface area contributed by atoms with Crippen LogP contribution in [0.25, 0.3) is 0 Å². The van der Waals surface area contributed by atoms with Crippen LogP contribution in [0.5, 0.6) is 0 Å². The van der Waals surface area contributed by atoms with Crippen LogP contribution in [-0.2, 0) is 10.0 Å². The second-order valence-corrected chi connectivity index (χ2v) is 5.01. The number of benzene rings is 1. The Morgan fingerprint density at radius 2 is 2.00 bits per heavy atom. The number of halogens is 1. The van der Waals surface area contributed by atoms with E-state index in [1.54, 1.807) is 12.1 Å². The van der Waals surface area contributed by atoms with E-state index in [4.69, 9.17) is 11.6 Å². The SMILES string of the molecule is Cc1ccc(Cl)c(NS(C)(=O)=O)c1. The normalized spacial score (nSPS) is 11.3. The minimum Gasteiger partial charge on any atom is -0.282 e. The van der Waals surface area contributed by atoms with Gasteiger partial charge in [-0.3, -0.25) is 4.72 Å². The first-order valence-electron chi connectivity index (χ1n) is 3.62. The number of anilines is 1. The van der Waals surface area contributed by atoms with Gasteiger partial charge in [-0.25, -0.2) is 8.42 Å². The highest BCUT2D eigenvalue weighted by Gasteiger charge is 2.05. The van der Waals surface area contributed by atoms with E-state index in [1.165, 1.54) is 0 Å². The summed E-state index contributed by atoms with van der Waals surface area (Å²) in [4.78, 5) is 0. The van der Waals surface area contributed by atoms with Crippen LogP contribution < -0.4 is 4.72 Å². The molecule has 0 radical (unpaired) electrons. The largest absolute Gasteiger partial charge is 0.282 e. The molecule has 0 fully saturated rings. The number of hydrogen-bond donors (Lipinski definition) is 1. The van der Waals surface area contributed by atoms with E-state index in [0.29, 0.717) is 10.7 Å². The Morgan fingerprint density at radius 1 is 1.38 bits per heavy atom. The third-order valence-electron chi connectivity index (χ3n) is 1.42. The lowest BCUT2D eigenvalue weighted by Gasteiger charge is -2.06. The monoisotopic (exact) mass is 219 g/mol. The van der Waals surface area contributed by atoms with Gasteiger partial charge in [0.2, 0.25) is 10.0 Å². The highest BCUT2D eigenvalue weighted by atomic mass is 35.5. The van der Waals surface area contributed by atoms with Crippen molar-refractivity contribution in [2.45, 2.75) is 6.92 Å². The van der Waals surface area contributed by atoms with Gasteiger partial charge >= 0.3 is 0 Å². The molecule has 0 aliphatic carbocycles. The maximum atomic E-state index is 10.9. The molecule has 0 aliphatic heterocycles. The molecule has 0 heterocycles. The zero-order valence-electron chi connectivity index (χ0n) is 7.33. The van der Waals surface area contributed by atoms with E-state index in [2.05, 4.69) is 4.72 Å². The predicted molar refractivity (Wildman–Crippen MR) is 54.7 cm³/mol. The van der Waals surface area contributed by atoms with E-state index in [0.717, 1.165) is 11.8 Å². The van der Waals surface area contributed by atoms with Gasteiger partial charge in [0.1, 0.15) is 0 Å². The molecule has 0 aliphatic rings. The lowest BCUT2D eigenvalue weighted by Crippen LogP contribution is -2.09. The minimum absolute atomic E-state index is 0.399. The highest BCUT2D eigenvalue weighted by molar-refractivity contribution is 7.92. The Morgan fingerprint density at radius 3 is 2.54 bits per heavy atom. The molecule has 1 aromatic carbocycles. The quantitative estimate of drug-likeness (QED) is 0.827. The summed E-state index contributed by atoms with van der Waals surface area (Å²) < 4.78 is 24.1. The topological polar surface area (TPSA) is 46.2 Å². The molecule has 1 rings (SSSR count). The zero-order valence-corrected chi connectivity index (χ0v) is 8.91. The van der Waals surface area contributed by atoms with Gasteiger partial charge in [0.15, 0.2) is 0 Å². The molecule has 0 saturated carbocycles. The van der Waals surface area contributed by atoms with Crippen molar-refractivity contribution < 1.29 is 8.42 Å². The molecule has 72 valence electrons. The average molecular weight is 220 g/mol. The molecule has 0 spiro atoms. The third-order valence-corrected chi connectivity index (χ3v) is 2.34. The number of rotatable bonds is 2. The Hall–Kier alpha value is -0.740. The molecule has 0 unspecified atom stereocenters. The fourth-order valence-electron chi connectivity index (χ4n) is 0.917. The van der Waals surface area contributed by atoms with E-state index in [9.17, 15) is 8.42 Å². The predicted octanol–water partition coefficient (Wildman–Crippen LogP) is 2.02. The minimum atomic E-state index is -3.25. The van der Waals surface area contributed by atoms with Crippen LogP contribution in [0, 0.1) is 6.92 Å². The summed E-state index contributed by atoms with van der Waals surface area (Å²) in [5.74, 6) is 0. The maximum absolute atomic E-state index is 10.9. The molecule has 3 nitrogen and oxygen atoms in total. The Kier molecular flexibility index (Phi) is 2.83. The molecular formula is C8H10ClNO2S. The number of hydrogen-bond acceptors (Lipinski definition) is 2. The van der Waals surface area contributed by atoms with Crippen molar-refractivity contribution >= 4 is 27.3 Å². The van der Waals surface area contributed by atoms with Crippen molar-refractivity contribution in [2.75, 3.05) is 11.0 Å². The van der Waals surface area contributed by atoms with Crippen molar-refractivity contribution in [3.05, 3.63) is 28.8 Å². The lowest BCUT2D eigenvalue weighted by molar-refractivity contribution is 0.607. The van der Waals surface area contributed by atoms with Gasteiger partial charge < -0.3 is 0 Å². The Balaban J connectivity index is 3.08. The van der Waals surface area contributed by atoms with E-state index < -0.39 is 10.0 Å². The number of nitrogens with one attached hydrogen (secondary N) is 1. The van der Waals surface area contributed by atoms with Crippen LogP contribution in [-0.4, -0.2) is 14.7 Å². The van der Waals surface area contributed by atoms with E-state index in [-0.39, 0.29) is 0 Å². The molecule has 13 heavy (non-hydrogen) atoms. The van der Waals surface area contributed by atoms with Crippen LogP contribution in [0.15, 0.2) is 18.2 Å². The fourth-order valence-corrected chi connectivity index (χ4v) is 1.71. The van der Waals surface area contributed by atoms with Crippen molar-refractivity contribution in [1.29, 1.82) is 0 Å². The first kappa shape index (κ1) is 10.3. The summed E-state index contributed by atoms with van der Waals surface area (Å²) in [6.45, 7) is 1.86. The number of aryl methyl sites for hydroxylation is 1. The molecule has 0 aromatic heterocycles. The summed E-state index contributed by atoms with van der Waals surface area (Å²) >= 11 is 5.78. The first-order chi connectivity index (χ1) is 5.88.